The SMILES string of the molecule is O=C1CCN(CCCCl)C(=O)c2ccn(-c3ccccc3)c21. The van der Waals surface area contributed by atoms with Crippen LogP contribution in [0.15, 0.2) is 42.6 Å². The molecule has 0 atom stereocenters. The number of fused-ring (bicyclic) bond motifs is 1. The van der Waals surface area contributed by atoms with Crippen molar-refractivity contribution in [3.05, 3.63) is 53.9 Å². The maximum Gasteiger partial charge on any atom is 0.256 e. The van der Waals surface area contributed by atoms with Crippen LogP contribution in [0.25, 0.3) is 5.69 Å². The number of para-hydroxylation sites is 1. The number of ketones is 1. The van der Waals surface area contributed by atoms with Crippen molar-refractivity contribution in [2.75, 3.05) is 19.0 Å². The zero-order valence-electron chi connectivity index (χ0n) is 12.2. The molecule has 1 aromatic carbocycles. The number of Topliss-reactive ketones (excluding diaryl/α,β-unsaturated/α-hetero) is 1. The quantitative estimate of drug-likeness (QED) is 0.813. The molecule has 0 N–H and O–H groups in total. The molecule has 3 rings (SSSR count). The molecule has 114 valence electrons. The summed E-state index contributed by atoms with van der Waals surface area (Å²) < 4.78 is 1.81. The first kappa shape index (κ1) is 14.9. The van der Waals surface area contributed by atoms with Crippen LogP contribution in [-0.2, 0) is 0 Å². The van der Waals surface area contributed by atoms with Crippen molar-refractivity contribution < 1.29 is 9.59 Å². The van der Waals surface area contributed by atoms with Gasteiger partial charge in [-0.3, -0.25) is 9.59 Å². The van der Waals surface area contributed by atoms with Crippen LogP contribution in [0.1, 0.15) is 33.7 Å². The van der Waals surface area contributed by atoms with Crippen molar-refractivity contribution in [2.24, 2.45) is 0 Å². The molecule has 1 aliphatic rings. The average Bonchev–Trinajstić information content (AvgIpc) is 2.95. The number of halogens is 1. The van der Waals surface area contributed by atoms with Gasteiger partial charge < -0.3 is 9.47 Å². The van der Waals surface area contributed by atoms with E-state index in [2.05, 4.69) is 0 Å². The van der Waals surface area contributed by atoms with Gasteiger partial charge in [-0.15, -0.1) is 11.6 Å². The summed E-state index contributed by atoms with van der Waals surface area (Å²) in [7, 11) is 0. The molecule has 2 heterocycles. The van der Waals surface area contributed by atoms with Crippen LogP contribution in [0.2, 0.25) is 0 Å². The highest BCUT2D eigenvalue weighted by Crippen LogP contribution is 2.23. The summed E-state index contributed by atoms with van der Waals surface area (Å²) in [6.45, 7) is 1.05. The maximum absolute atomic E-state index is 12.7. The zero-order valence-corrected chi connectivity index (χ0v) is 12.9. The smallest absolute Gasteiger partial charge is 0.256 e. The second-order valence-electron chi connectivity index (χ2n) is 5.29. The average molecular weight is 317 g/mol. The number of hydrogen-bond acceptors (Lipinski definition) is 2. The van der Waals surface area contributed by atoms with E-state index in [9.17, 15) is 9.59 Å². The van der Waals surface area contributed by atoms with Gasteiger partial charge >= 0.3 is 0 Å². The van der Waals surface area contributed by atoms with Crippen molar-refractivity contribution in [3.8, 4) is 5.69 Å². The number of amides is 1. The largest absolute Gasteiger partial charge is 0.338 e. The molecule has 0 unspecified atom stereocenters. The maximum atomic E-state index is 12.7. The third-order valence-electron chi connectivity index (χ3n) is 3.87. The molecule has 0 aliphatic carbocycles. The Bertz CT molecular complexity index is 694. The first-order chi connectivity index (χ1) is 10.7. The molecule has 0 spiro atoms. The lowest BCUT2D eigenvalue weighted by atomic mass is 10.1. The number of aromatic nitrogens is 1. The molecule has 1 aromatic heterocycles. The Balaban J connectivity index is 2.01. The molecule has 0 saturated carbocycles. The van der Waals surface area contributed by atoms with Crippen LogP contribution in [0, 0.1) is 0 Å². The van der Waals surface area contributed by atoms with E-state index in [1.165, 1.54) is 0 Å². The Labute approximate surface area is 134 Å². The number of benzene rings is 1. The van der Waals surface area contributed by atoms with Gasteiger partial charge in [0.15, 0.2) is 5.78 Å². The van der Waals surface area contributed by atoms with Gasteiger partial charge in [0, 0.05) is 37.3 Å². The van der Waals surface area contributed by atoms with Crippen LogP contribution in [0.3, 0.4) is 0 Å². The van der Waals surface area contributed by atoms with E-state index in [4.69, 9.17) is 11.6 Å². The molecule has 2 aromatic rings. The van der Waals surface area contributed by atoms with Crippen LogP contribution in [0.5, 0.6) is 0 Å². The van der Waals surface area contributed by atoms with Crippen molar-refractivity contribution in [1.82, 2.24) is 9.47 Å². The number of hydrogen-bond donors (Lipinski definition) is 0. The third-order valence-corrected chi connectivity index (χ3v) is 4.14. The topological polar surface area (TPSA) is 42.3 Å². The second kappa shape index (κ2) is 6.36. The highest BCUT2D eigenvalue weighted by atomic mass is 35.5. The van der Waals surface area contributed by atoms with E-state index >= 15 is 0 Å². The van der Waals surface area contributed by atoms with E-state index in [0.29, 0.717) is 36.6 Å². The van der Waals surface area contributed by atoms with Crippen LogP contribution >= 0.6 is 11.6 Å². The van der Waals surface area contributed by atoms with Gasteiger partial charge in [-0.1, -0.05) is 18.2 Å². The van der Waals surface area contributed by atoms with Gasteiger partial charge in [0.05, 0.1) is 5.56 Å². The predicted molar refractivity (Wildman–Crippen MR) is 86.0 cm³/mol. The van der Waals surface area contributed by atoms with Crippen molar-refractivity contribution in [1.29, 1.82) is 0 Å². The Morgan fingerprint density at radius 2 is 1.86 bits per heavy atom. The van der Waals surface area contributed by atoms with Gasteiger partial charge in [0.1, 0.15) is 5.69 Å². The first-order valence-corrected chi connectivity index (χ1v) is 7.91. The first-order valence-electron chi connectivity index (χ1n) is 7.37. The molecule has 1 aliphatic heterocycles. The van der Waals surface area contributed by atoms with E-state index in [1.54, 1.807) is 21.7 Å². The molecule has 0 fully saturated rings. The lowest BCUT2D eigenvalue weighted by Gasteiger charge is -2.19. The predicted octanol–water partition coefficient (Wildman–Crippen LogP) is 3.13. The minimum Gasteiger partial charge on any atom is -0.338 e. The third kappa shape index (κ3) is 2.66. The van der Waals surface area contributed by atoms with Crippen LogP contribution < -0.4 is 0 Å². The summed E-state index contributed by atoms with van der Waals surface area (Å²) in [5.41, 5.74) is 1.87. The summed E-state index contributed by atoms with van der Waals surface area (Å²) in [5.74, 6) is 0.432. The fourth-order valence-electron chi connectivity index (χ4n) is 2.78. The normalized spacial score (nSPS) is 14.9. The van der Waals surface area contributed by atoms with Crippen molar-refractivity contribution >= 4 is 23.3 Å². The summed E-state index contributed by atoms with van der Waals surface area (Å²) in [6.07, 6.45) is 2.87. The van der Waals surface area contributed by atoms with E-state index in [1.807, 2.05) is 30.3 Å². The molecule has 4 nitrogen and oxygen atoms in total. The van der Waals surface area contributed by atoms with Gasteiger partial charge in [-0.2, -0.15) is 0 Å². The minimum absolute atomic E-state index is 0.00516. The van der Waals surface area contributed by atoms with E-state index in [0.717, 1.165) is 12.1 Å². The monoisotopic (exact) mass is 316 g/mol. The number of nitrogens with zero attached hydrogens (tertiary/aromatic N) is 2. The Hall–Kier alpha value is -2.07. The summed E-state index contributed by atoms with van der Waals surface area (Å²) in [5, 5.41) is 0. The second-order valence-corrected chi connectivity index (χ2v) is 5.67. The van der Waals surface area contributed by atoms with Crippen LogP contribution in [0.4, 0.5) is 0 Å². The van der Waals surface area contributed by atoms with Gasteiger partial charge in [-0.05, 0) is 24.6 Å². The lowest BCUT2D eigenvalue weighted by molar-refractivity contribution is 0.0759. The Morgan fingerprint density at radius 1 is 1.09 bits per heavy atom. The van der Waals surface area contributed by atoms with Crippen molar-refractivity contribution in [3.63, 3.8) is 0 Å². The molecule has 0 saturated heterocycles. The minimum atomic E-state index is -0.0827. The fourth-order valence-corrected chi connectivity index (χ4v) is 2.90. The highest BCUT2D eigenvalue weighted by molar-refractivity contribution is 6.17. The zero-order chi connectivity index (χ0) is 15.5. The molecule has 0 bridgehead atoms. The molecule has 22 heavy (non-hydrogen) atoms. The summed E-state index contributed by atoms with van der Waals surface area (Å²) in [4.78, 5) is 26.9. The molecular formula is C17H17ClN2O2. The molecule has 1 amide bonds. The molecular weight excluding hydrogens is 300 g/mol. The number of carbonyl (C=O) groups excluding carboxylic acids is 2. The van der Waals surface area contributed by atoms with Crippen LogP contribution in [-0.4, -0.2) is 40.1 Å². The van der Waals surface area contributed by atoms with Gasteiger partial charge in [0.2, 0.25) is 0 Å². The molecule has 0 radical (unpaired) electrons. The van der Waals surface area contributed by atoms with Crippen molar-refractivity contribution in [2.45, 2.75) is 12.8 Å². The highest BCUT2D eigenvalue weighted by Gasteiger charge is 2.29. The Morgan fingerprint density at radius 3 is 2.59 bits per heavy atom. The summed E-state index contributed by atoms with van der Waals surface area (Å²) >= 11 is 5.71. The fraction of sp³-hybridized carbons (Fsp3) is 0.294. The van der Waals surface area contributed by atoms with Gasteiger partial charge in [-0.25, -0.2) is 0 Å². The number of rotatable bonds is 4. The summed E-state index contributed by atoms with van der Waals surface area (Å²) in [6, 6.07) is 11.3. The lowest BCUT2D eigenvalue weighted by Crippen LogP contribution is -2.32. The van der Waals surface area contributed by atoms with Gasteiger partial charge in [0.25, 0.3) is 5.91 Å². The Kier molecular flexibility index (Phi) is 4.29. The standard InChI is InChI=1S/C17H17ClN2O2/c18-9-4-10-19-11-8-15(21)16-14(17(19)22)7-12-20(16)13-5-2-1-3-6-13/h1-3,5-7,12H,4,8-11H2. The molecule has 5 heteroatoms. The van der Waals surface area contributed by atoms with E-state index in [-0.39, 0.29) is 11.7 Å². The van der Waals surface area contributed by atoms with E-state index < -0.39 is 0 Å². The number of alkyl halides is 1. The number of carbonyl (C=O) groups is 2.